The molecular formula is C22H30BrN3O4. The Hall–Kier alpha value is -2.27. The first-order valence-corrected chi connectivity index (χ1v) is 11.3. The van der Waals surface area contributed by atoms with Gasteiger partial charge in [0, 0.05) is 19.2 Å². The van der Waals surface area contributed by atoms with E-state index in [1.807, 2.05) is 20.8 Å². The second-order valence-corrected chi connectivity index (χ2v) is 8.14. The van der Waals surface area contributed by atoms with Crippen LogP contribution in [0.5, 0.6) is 11.5 Å². The smallest absolute Gasteiger partial charge is 0.258 e. The Bertz CT molecular complexity index is 796. The summed E-state index contributed by atoms with van der Waals surface area (Å²) in [4.78, 5) is 27.7. The highest BCUT2D eigenvalue weighted by Crippen LogP contribution is 2.37. The van der Waals surface area contributed by atoms with Gasteiger partial charge in [-0.2, -0.15) is 5.26 Å². The van der Waals surface area contributed by atoms with Crippen molar-refractivity contribution < 1.29 is 19.1 Å². The molecule has 1 aliphatic rings. The minimum absolute atomic E-state index is 0.0184. The second kappa shape index (κ2) is 11.2. The van der Waals surface area contributed by atoms with Crippen molar-refractivity contribution in [3.63, 3.8) is 0 Å². The Morgan fingerprint density at radius 3 is 2.40 bits per heavy atom. The molecule has 0 radical (unpaired) electrons. The maximum absolute atomic E-state index is 13.2. The average Bonchev–Trinajstić information content (AvgIpc) is 2.74. The maximum Gasteiger partial charge on any atom is 0.258 e. The van der Waals surface area contributed by atoms with Crippen molar-refractivity contribution in [1.82, 2.24) is 10.2 Å². The van der Waals surface area contributed by atoms with Crippen molar-refractivity contribution >= 4 is 27.7 Å². The molecule has 1 aromatic carbocycles. The molecule has 0 atom stereocenters. The van der Waals surface area contributed by atoms with Gasteiger partial charge in [-0.1, -0.05) is 19.3 Å². The standard InChI is InChI=1S/C22H30BrN3O4/c1-4-26(5-2)21(28)22(10-8-7-9-11-22)25-19(27)15-30-20-17(23)12-16(14-24)13-18(20)29-6-3/h12-13H,4-11,15H2,1-3H3,(H,25,27). The number of carbonyl (C=O) groups excluding carboxylic acids is 2. The van der Waals surface area contributed by atoms with Gasteiger partial charge in [-0.05, 0) is 55.6 Å². The van der Waals surface area contributed by atoms with Gasteiger partial charge in [0.1, 0.15) is 5.54 Å². The van der Waals surface area contributed by atoms with Crippen LogP contribution in [0.15, 0.2) is 16.6 Å². The summed E-state index contributed by atoms with van der Waals surface area (Å²) in [6.45, 7) is 7.08. The number of halogens is 1. The molecule has 1 aromatic rings. The van der Waals surface area contributed by atoms with Crippen molar-refractivity contribution in [3.8, 4) is 17.6 Å². The normalized spacial score (nSPS) is 15.0. The number of rotatable bonds is 9. The molecular weight excluding hydrogens is 450 g/mol. The fraction of sp³-hybridized carbons (Fsp3) is 0.591. The van der Waals surface area contributed by atoms with Crippen LogP contribution in [0.2, 0.25) is 0 Å². The van der Waals surface area contributed by atoms with E-state index >= 15 is 0 Å². The predicted molar refractivity (Wildman–Crippen MR) is 117 cm³/mol. The molecule has 0 saturated heterocycles. The van der Waals surface area contributed by atoms with Gasteiger partial charge in [-0.25, -0.2) is 0 Å². The highest BCUT2D eigenvalue weighted by molar-refractivity contribution is 9.10. The molecule has 0 heterocycles. The number of likely N-dealkylation sites (N-methyl/N-ethyl adjacent to an activating group) is 1. The summed E-state index contributed by atoms with van der Waals surface area (Å²) >= 11 is 3.38. The highest BCUT2D eigenvalue weighted by atomic mass is 79.9. The maximum atomic E-state index is 13.2. The third-order valence-electron chi connectivity index (χ3n) is 5.33. The Morgan fingerprint density at radius 2 is 1.83 bits per heavy atom. The summed E-state index contributed by atoms with van der Waals surface area (Å²) in [5, 5.41) is 12.1. The molecule has 164 valence electrons. The van der Waals surface area contributed by atoms with Gasteiger partial charge in [-0.3, -0.25) is 9.59 Å². The van der Waals surface area contributed by atoms with E-state index in [9.17, 15) is 9.59 Å². The first-order valence-electron chi connectivity index (χ1n) is 10.5. The lowest BCUT2D eigenvalue weighted by Crippen LogP contribution is -2.61. The van der Waals surface area contributed by atoms with E-state index < -0.39 is 5.54 Å². The molecule has 0 spiro atoms. The van der Waals surface area contributed by atoms with Crippen molar-refractivity contribution in [3.05, 3.63) is 22.2 Å². The number of ether oxygens (including phenoxy) is 2. The number of benzene rings is 1. The van der Waals surface area contributed by atoms with E-state index in [4.69, 9.17) is 14.7 Å². The van der Waals surface area contributed by atoms with Crippen LogP contribution < -0.4 is 14.8 Å². The molecule has 1 fully saturated rings. The van der Waals surface area contributed by atoms with Crippen LogP contribution in [0.3, 0.4) is 0 Å². The SMILES string of the molecule is CCOc1cc(C#N)cc(Br)c1OCC(=O)NC1(C(=O)N(CC)CC)CCCCC1. The van der Waals surface area contributed by atoms with Gasteiger partial charge in [0.05, 0.1) is 22.7 Å². The van der Waals surface area contributed by atoms with Crippen LogP contribution in [0.4, 0.5) is 0 Å². The Morgan fingerprint density at radius 1 is 1.17 bits per heavy atom. The minimum Gasteiger partial charge on any atom is -0.490 e. The molecule has 2 rings (SSSR count). The van der Waals surface area contributed by atoms with Gasteiger partial charge >= 0.3 is 0 Å². The van der Waals surface area contributed by atoms with Crippen molar-refractivity contribution in [2.75, 3.05) is 26.3 Å². The first kappa shape index (κ1) is 24.0. The van der Waals surface area contributed by atoms with Gasteiger partial charge in [-0.15, -0.1) is 0 Å². The first-order chi connectivity index (χ1) is 14.4. The van der Waals surface area contributed by atoms with Crippen LogP contribution in [0.1, 0.15) is 58.4 Å². The van der Waals surface area contributed by atoms with E-state index in [0.717, 1.165) is 19.3 Å². The van der Waals surface area contributed by atoms with E-state index in [1.165, 1.54) is 0 Å². The van der Waals surface area contributed by atoms with E-state index in [1.54, 1.807) is 17.0 Å². The average molecular weight is 480 g/mol. The van der Waals surface area contributed by atoms with Crippen molar-refractivity contribution in [2.45, 2.75) is 58.4 Å². The Labute approximate surface area is 186 Å². The summed E-state index contributed by atoms with van der Waals surface area (Å²) in [6, 6.07) is 5.26. The molecule has 8 heteroatoms. The zero-order chi connectivity index (χ0) is 22.1. The van der Waals surface area contributed by atoms with Gasteiger partial charge in [0.25, 0.3) is 5.91 Å². The lowest BCUT2D eigenvalue weighted by atomic mass is 9.80. The summed E-state index contributed by atoms with van der Waals surface area (Å²) in [6.07, 6.45) is 4.15. The number of carbonyl (C=O) groups is 2. The lowest BCUT2D eigenvalue weighted by Gasteiger charge is -2.40. The van der Waals surface area contributed by atoms with Gasteiger partial charge in [0.15, 0.2) is 18.1 Å². The number of hydrogen-bond acceptors (Lipinski definition) is 5. The molecule has 30 heavy (non-hydrogen) atoms. The van der Waals surface area contributed by atoms with Crippen molar-refractivity contribution in [1.29, 1.82) is 5.26 Å². The molecule has 1 N–H and O–H groups in total. The largest absolute Gasteiger partial charge is 0.490 e. The number of nitrogens with zero attached hydrogens (tertiary/aromatic N) is 2. The quantitative estimate of drug-likeness (QED) is 0.581. The fourth-order valence-corrected chi connectivity index (χ4v) is 4.39. The zero-order valence-electron chi connectivity index (χ0n) is 17.9. The summed E-state index contributed by atoms with van der Waals surface area (Å²) in [5.74, 6) is 0.382. The molecule has 0 aliphatic heterocycles. The third-order valence-corrected chi connectivity index (χ3v) is 5.92. The molecule has 0 bridgehead atoms. The summed E-state index contributed by atoms with van der Waals surface area (Å²) in [5.41, 5.74) is -0.442. The summed E-state index contributed by atoms with van der Waals surface area (Å²) < 4.78 is 11.8. The highest BCUT2D eigenvalue weighted by Gasteiger charge is 2.42. The Balaban J connectivity index is 2.15. The number of amides is 2. The topological polar surface area (TPSA) is 91.7 Å². The Kier molecular flexibility index (Phi) is 8.97. The minimum atomic E-state index is -0.866. The van der Waals surface area contributed by atoms with E-state index in [2.05, 4.69) is 27.3 Å². The molecule has 0 aromatic heterocycles. The fourth-order valence-electron chi connectivity index (χ4n) is 3.84. The third kappa shape index (κ3) is 5.66. The van der Waals surface area contributed by atoms with E-state index in [0.29, 0.717) is 54.1 Å². The van der Waals surface area contributed by atoms with Gasteiger partial charge in [0.2, 0.25) is 5.91 Å². The molecule has 1 saturated carbocycles. The van der Waals surface area contributed by atoms with Crippen LogP contribution in [-0.4, -0.2) is 48.6 Å². The van der Waals surface area contributed by atoms with Crippen LogP contribution in [-0.2, 0) is 9.59 Å². The van der Waals surface area contributed by atoms with Gasteiger partial charge < -0.3 is 19.7 Å². The number of nitriles is 1. The predicted octanol–water partition coefficient (Wildman–Crippen LogP) is 3.79. The second-order valence-electron chi connectivity index (χ2n) is 7.29. The molecule has 2 amide bonds. The molecule has 0 unspecified atom stereocenters. The van der Waals surface area contributed by atoms with E-state index in [-0.39, 0.29) is 18.4 Å². The number of nitrogens with one attached hydrogen (secondary N) is 1. The summed E-state index contributed by atoms with van der Waals surface area (Å²) in [7, 11) is 0. The molecule has 1 aliphatic carbocycles. The van der Waals surface area contributed by atoms with Crippen molar-refractivity contribution in [2.24, 2.45) is 0 Å². The van der Waals surface area contributed by atoms with Crippen LogP contribution >= 0.6 is 15.9 Å². The number of hydrogen-bond donors (Lipinski definition) is 1. The lowest BCUT2D eigenvalue weighted by molar-refractivity contribution is -0.143. The molecule has 7 nitrogen and oxygen atoms in total. The van der Waals surface area contributed by atoms with Crippen LogP contribution in [0.25, 0.3) is 0 Å². The monoisotopic (exact) mass is 479 g/mol. The van der Waals surface area contributed by atoms with Crippen LogP contribution in [0, 0.1) is 11.3 Å². The zero-order valence-corrected chi connectivity index (χ0v) is 19.5.